The first-order valence-electron chi connectivity index (χ1n) is 8.20. The first kappa shape index (κ1) is 18.6. The van der Waals surface area contributed by atoms with E-state index in [1.807, 2.05) is 13.0 Å². The number of carbonyl (C=O) groups excluding carboxylic acids is 2. The summed E-state index contributed by atoms with van der Waals surface area (Å²) in [7, 11) is 0. The van der Waals surface area contributed by atoms with Gasteiger partial charge in [0.05, 0.1) is 11.3 Å². The fourth-order valence-corrected chi connectivity index (χ4v) is 2.76. The maximum absolute atomic E-state index is 12.1. The van der Waals surface area contributed by atoms with Crippen molar-refractivity contribution in [1.29, 1.82) is 0 Å². The van der Waals surface area contributed by atoms with Gasteiger partial charge in [0.1, 0.15) is 0 Å². The molecular weight excluding hydrogens is 366 g/mol. The van der Waals surface area contributed by atoms with Gasteiger partial charge in [0.25, 0.3) is 11.1 Å². The molecule has 0 aliphatic rings. The van der Waals surface area contributed by atoms with Gasteiger partial charge in [-0.1, -0.05) is 17.8 Å². The van der Waals surface area contributed by atoms with Crippen molar-refractivity contribution in [2.45, 2.75) is 12.1 Å². The van der Waals surface area contributed by atoms with Gasteiger partial charge in [-0.3, -0.25) is 14.6 Å². The maximum Gasteiger partial charge on any atom is 0.277 e. The quantitative estimate of drug-likeness (QED) is 0.603. The Morgan fingerprint density at radius 1 is 1.19 bits per heavy atom. The van der Waals surface area contributed by atoms with Crippen LogP contribution in [0.4, 0.5) is 5.69 Å². The number of nitrogens with one attached hydrogen (secondary N) is 2. The van der Waals surface area contributed by atoms with Crippen LogP contribution < -0.4 is 10.6 Å². The molecule has 0 saturated carbocycles. The Hall–Kier alpha value is -3.20. The van der Waals surface area contributed by atoms with Crippen molar-refractivity contribution in [1.82, 2.24) is 20.5 Å². The normalized spacial score (nSPS) is 10.4. The summed E-state index contributed by atoms with van der Waals surface area (Å²) in [6.45, 7) is 2.38. The second-order valence-electron chi connectivity index (χ2n) is 5.39. The highest BCUT2D eigenvalue weighted by Gasteiger charge is 2.12. The average Bonchev–Trinajstić information content (AvgIpc) is 3.17. The van der Waals surface area contributed by atoms with Crippen LogP contribution in [0.25, 0.3) is 11.5 Å². The Morgan fingerprint density at radius 2 is 2.07 bits per heavy atom. The number of amides is 2. The number of carbonyl (C=O) groups is 2. The second kappa shape index (κ2) is 8.95. The van der Waals surface area contributed by atoms with E-state index < -0.39 is 0 Å². The predicted octanol–water partition coefficient (Wildman–Crippen LogP) is 2.61. The molecule has 0 radical (unpaired) electrons. The molecule has 2 N–H and O–H groups in total. The maximum atomic E-state index is 12.1. The smallest absolute Gasteiger partial charge is 0.277 e. The summed E-state index contributed by atoms with van der Waals surface area (Å²) in [5, 5.41) is 13.6. The van der Waals surface area contributed by atoms with Crippen LogP contribution in [0.15, 0.2) is 58.4 Å². The lowest BCUT2D eigenvalue weighted by Gasteiger charge is -2.07. The number of aromatic nitrogens is 3. The van der Waals surface area contributed by atoms with Crippen LogP contribution in [-0.2, 0) is 4.79 Å². The van der Waals surface area contributed by atoms with Crippen molar-refractivity contribution in [3.63, 3.8) is 0 Å². The third-order valence-electron chi connectivity index (χ3n) is 3.39. The van der Waals surface area contributed by atoms with Crippen LogP contribution in [0.1, 0.15) is 17.3 Å². The molecule has 0 unspecified atom stereocenters. The molecule has 3 rings (SSSR count). The van der Waals surface area contributed by atoms with Crippen LogP contribution in [0.5, 0.6) is 0 Å². The SMILES string of the molecule is CCNC(=O)c1cccc(NC(=O)CSc2nnc(-c3cccnc3)o2)c1. The summed E-state index contributed by atoms with van der Waals surface area (Å²) >= 11 is 1.13. The van der Waals surface area contributed by atoms with E-state index in [0.717, 1.165) is 11.8 Å². The molecule has 3 aromatic rings. The summed E-state index contributed by atoms with van der Waals surface area (Å²) in [6.07, 6.45) is 3.27. The van der Waals surface area contributed by atoms with E-state index in [0.29, 0.717) is 34.5 Å². The molecule has 2 aromatic heterocycles. The van der Waals surface area contributed by atoms with E-state index in [-0.39, 0.29) is 17.6 Å². The van der Waals surface area contributed by atoms with Gasteiger partial charge in [-0.2, -0.15) is 0 Å². The Morgan fingerprint density at radius 3 is 2.85 bits per heavy atom. The highest BCUT2D eigenvalue weighted by Crippen LogP contribution is 2.22. The van der Waals surface area contributed by atoms with Crippen molar-refractivity contribution in [2.75, 3.05) is 17.6 Å². The number of nitrogens with zero attached hydrogens (tertiary/aromatic N) is 3. The van der Waals surface area contributed by atoms with Crippen LogP contribution in [0.2, 0.25) is 0 Å². The first-order valence-corrected chi connectivity index (χ1v) is 9.19. The molecule has 2 heterocycles. The molecule has 1 aromatic carbocycles. The van der Waals surface area contributed by atoms with Crippen LogP contribution in [0.3, 0.4) is 0 Å². The third-order valence-corrected chi connectivity index (χ3v) is 4.21. The number of rotatable bonds is 7. The van der Waals surface area contributed by atoms with E-state index in [1.54, 1.807) is 42.7 Å². The van der Waals surface area contributed by atoms with Gasteiger partial charge in [0.15, 0.2) is 0 Å². The first-order chi connectivity index (χ1) is 13.2. The molecule has 0 spiro atoms. The van der Waals surface area contributed by atoms with E-state index in [4.69, 9.17) is 4.42 Å². The van der Waals surface area contributed by atoms with Crippen molar-refractivity contribution in [3.8, 4) is 11.5 Å². The van der Waals surface area contributed by atoms with Gasteiger partial charge in [-0.05, 0) is 37.3 Å². The Bertz CT molecular complexity index is 930. The van der Waals surface area contributed by atoms with E-state index in [1.165, 1.54) is 0 Å². The number of hydrogen-bond donors (Lipinski definition) is 2. The van der Waals surface area contributed by atoms with Gasteiger partial charge in [0.2, 0.25) is 11.8 Å². The molecule has 0 fully saturated rings. The number of benzene rings is 1. The zero-order valence-corrected chi connectivity index (χ0v) is 15.3. The summed E-state index contributed by atoms with van der Waals surface area (Å²) in [5.74, 6) is 0.0200. The highest BCUT2D eigenvalue weighted by molar-refractivity contribution is 7.99. The Balaban J connectivity index is 1.55. The molecule has 0 bridgehead atoms. The predicted molar refractivity (Wildman–Crippen MR) is 101 cm³/mol. The van der Waals surface area contributed by atoms with Crippen LogP contribution >= 0.6 is 11.8 Å². The van der Waals surface area contributed by atoms with Gasteiger partial charge in [-0.15, -0.1) is 10.2 Å². The zero-order valence-electron chi connectivity index (χ0n) is 14.5. The molecule has 0 atom stereocenters. The number of anilines is 1. The lowest BCUT2D eigenvalue weighted by molar-refractivity contribution is -0.113. The monoisotopic (exact) mass is 383 g/mol. The Kier molecular flexibility index (Phi) is 6.16. The summed E-state index contributed by atoms with van der Waals surface area (Å²) in [5.41, 5.74) is 1.75. The third kappa shape index (κ3) is 5.14. The minimum Gasteiger partial charge on any atom is -0.411 e. The van der Waals surface area contributed by atoms with E-state index >= 15 is 0 Å². The number of thioether (sulfide) groups is 1. The standard InChI is InChI=1S/C18H17N5O3S/c1-2-20-16(25)12-5-3-7-14(9-12)21-15(24)11-27-18-23-22-17(26-18)13-6-4-8-19-10-13/h3-10H,2,11H2,1H3,(H,20,25)(H,21,24). The zero-order chi connectivity index (χ0) is 19.1. The molecule has 0 aliphatic heterocycles. The number of pyridine rings is 1. The minimum absolute atomic E-state index is 0.0973. The van der Waals surface area contributed by atoms with Crippen LogP contribution in [-0.4, -0.2) is 39.3 Å². The van der Waals surface area contributed by atoms with Crippen molar-refractivity contribution in [3.05, 3.63) is 54.4 Å². The lowest BCUT2D eigenvalue weighted by Crippen LogP contribution is -2.23. The summed E-state index contributed by atoms with van der Waals surface area (Å²) < 4.78 is 5.52. The molecular formula is C18H17N5O3S. The Labute approximate surface area is 159 Å². The summed E-state index contributed by atoms with van der Waals surface area (Å²) in [4.78, 5) is 28.0. The van der Waals surface area contributed by atoms with Gasteiger partial charge >= 0.3 is 0 Å². The second-order valence-corrected chi connectivity index (χ2v) is 6.32. The molecule has 0 saturated heterocycles. The van der Waals surface area contributed by atoms with Crippen molar-refractivity contribution >= 4 is 29.3 Å². The fourth-order valence-electron chi connectivity index (χ4n) is 2.20. The van der Waals surface area contributed by atoms with Gasteiger partial charge < -0.3 is 15.1 Å². The molecule has 8 nitrogen and oxygen atoms in total. The molecule has 138 valence electrons. The average molecular weight is 383 g/mol. The fraction of sp³-hybridized carbons (Fsp3) is 0.167. The minimum atomic E-state index is -0.242. The van der Waals surface area contributed by atoms with Gasteiger partial charge in [0, 0.05) is 30.2 Å². The van der Waals surface area contributed by atoms with Crippen molar-refractivity contribution in [2.24, 2.45) is 0 Å². The molecule has 0 aliphatic carbocycles. The number of hydrogen-bond acceptors (Lipinski definition) is 7. The summed E-state index contributed by atoms with van der Waals surface area (Å²) in [6, 6.07) is 10.3. The molecule has 2 amide bonds. The van der Waals surface area contributed by atoms with E-state index in [2.05, 4.69) is 25.8 Å². The lowest BCUT2D eigenvalue weighted by atomic mass is 10.2. The van der Waals surface area contributed by atoms with E-state index in [9.17, 15) is 9.59 Å². The van der Waals surface area contributed by atoms with Gasteiger partial charge in [-0.25, -0.2) is 0 Å². The largest absolute Gasteiger partial charge is 0.411 e. The topological polar surface area (TPSA) is 110 Å². The highest BCUT2D eigenvalue weighted by atomic mass is 32.2. The van der Waals surface area contributed by atoms with Crippen LogP contribution in [0, 0.1) is 0 Å². The molecule has 27 heavy (non-hydrogen) atoms. The molecule has 9 heteroatoms. The van der Waals surface area contributed by atoms with Crippen molar-refractivity contribution < 1.29 is 14.0 Å².